The third-order valence-electron chi connectivity index (χ3n) is 16.5. The van der Waals surface area contributed by atoms with Gasteiger partial charge in [0.15, 0.2) is 11.5 Å². The molecule has 8 aromatic carbocycles. The summed E-state index contributed by atoms with van der Waals surface area (Å²) < 4.78 is 103. The molecule has 0 saturated carbocycles. The first-order valence-electron chi connectivity index (χ1n) is 35.8. The van der Waals surface area contributed by atoms with E-state index < -0.39 is 71.6 Å². The number of phenolic OH excluding ortho intramolecular Hbond substituents is 2. The second-order valence-electron chi connectivity index (χ2n) is 25.8. The van der Waals surface area contributed by atoms with Crippen molar-refractivity contribution in [3.8, 4) is 56.8 Å². The number of carboxylic acid groups (broad SMARTS) is 1. The molecule has 0 bridgehead atoms. The molecule has 0 aliphatic rings. The number of benzene rings is 8. The SMILES string of the molecule is CCC(C)(C)C(=O)OCCCCCCCCCOc1ccc(C(=O)Oc2ccc(/C=C/C(=O)OCCOC)cc2OC)cc1.CCC(C)(C)C(=O)OCCOC(=O)/C=C/c1ccc(-c2ccc(O)cc2)cc1.O=C([O-])c1cc(N=Nc2c[c-]c(-c3ccc(N=Nc4c[c-]c(O)cc4)cc3S(=O)(=O)[O-])cc2)ccc1O.O=C=O.O=S(=O)=O.[Na+].[Na+].[Na+].[Na+]. The number of esters is 5. The van der Waals surface area contributed by atoms with Crippen LogP contribution in [0.25, 0.3) is 34.4 Å². The van der Waals surface area contributed by atoms with Crippen LogP contribution in [-0.2, 0) is 73.2 Å². The molecule has 0 unspecified atom stereocenters. The molecule has 616 valence electrons. The summed E-state index contributed by atoms with van der Waals surface area (Å²) in [7, 11) is -5.00. The fraction of sp³-hybridized carbons (Fsp3) is 0.298. The van der Waals surface area contributed by atoms with Crippen LogP contribution in [0.1, 0.15) is 131 Å². The largest absolute Gasteiger partial charge is 1.00 e. The zero-order valence-electron chi connectivity index (χ0n) is 68.8. The molecule has 8 aromatic rings. The smallest absolute Gasteiger partial charge is 0.745 e. The second-order valence-corrected chi connectivity index (χ2v) is 27.5. The summed E-state index contributed by atoms with van der Waals surface area (Å²) in [5, 5.41) is 54.9. The third-order valence-corrected chi connectivity index (χ3v) is 17.4. The van der Waals surface area contributed by atoms with Crippen LogP contribution in [0.15, 0.2) is 201 Å². The Labute approximate surface area is 786 Å². The molecule has 0 radical (unpaired) electrons. The number of carboxylic acids is 1. The molecule has 3 N–H and O–H groups in total. The monoisotopic (exact) mass is 1720 g/mol. The van der Waals surface area contributed by atoms with Crippen LogP contribution in [0.4, 0.5) is 22.7 Å². The number of aromatic carboxylic acids is 1. The standard InChI is InChI=1S/C35H48O9.C25H16N4O7S.C23H26O5.CO2.4Na.O3S/c1-6-35(2,3)34(38)43-23-13-11-9-7-8-10-12-22-41-29-18-16-28(17-19-29)33(37)44-30-20-14-27(26-31(30)40-5)15-21-32(36)42-25-24-39-4;30-20-9-5-17(6-10-20)27-29-19-7-11-21(24(14-19)37(34,35)36)15-1-3-16(4-2-15)26-28-18-8-12-23(31)22(13-18)25(32)33;1-4-23(2,3)22(26)28-16-15-27-21(25)14-7-17-5-8-18(9-6-17)19-10-12-20(24)13-11-19;2-1-3;;;;;1-4(2)3/h14-21,26H,6-13,22-25H2,1-5H3;1,3-9,11-14,30-31H,(H,32,33)(H,34,35,36);5-14,24H,4,15-16H2,1-3H3;;;;;;/q;-2;;;4*+1;/p-2/b21-15+;;14-7+;;;;;;. The van der Waals surface area contributed by atoms with E-state index >= 15 is 0 Å². The summed E-state index contributed by atoms with van der Waals surface area (Å²) in [4.78, 5) is 86.7. The number of carbonyl (C=O) groups is 6. The van der Waals surface area contributed by atoms with Crippen LogP contribution in [-0.4, -0.2) is 137 Å². The van der Waals surface area contributed by atoms with E-state index in [1.165, 1.54) is 81.0 Å². The number of phenols is 3. The Morgan fingerprint density at radius 3 is 1.48 bits per heavy atom. The first kappa shape index (κ1) is 111. The van der Waals surface area contributed by atoms with Gasteiger partial charge in [0.1, 0.15) is 47.2 Å². The number of rotatable bonds is 36. The maximum atomic E-state index is 12.7. The van der Waals surface area contributed by atoms with Crippen molar-refractivity contribution >= 4 is 97.6 Å². The predicted molar refractivity (Wildman–Crippen MR) is 419 cm³/mol. The van der Waals surface area contributed by atoms with Gasteiger partial charge in [-0.25, -0.2) is 33.0 Å². The van der Waals surface area contributed by atoms with Gasteiger partial charge in [0.05, 0.1) is 60.7 Å². The van der Waals surface area contributed by atoms with Gasteiger partial charge in [-0.1, -0.05) is 100 Å². The normalized spacial score (nSPS) is 10.7. The molecule has 0 saturated heterocycles. The first-order chi connectivity index (χ1) is 55.3. The fourth-order valence-electron chi connectivity index (χ4n) is 9.31. The average molecular weight is 1730 g/mol. The van der Waals surface area contributed by atoms with E-state index in [1.807, 2.05) is 77.9 Å². The number of methoxy groups -OCH3 is 2. The Kier molecular flexibility index (Phi) is 55.4. The zero-order valence-corrected chi connectivity index (χ0v) is 78.5. The van der Waals surface area contributed by atoms with Crippen molar-refractivity contribution in [1.82, 2.24) is 0 Å². The summed E-state index contributed by atoms with van der Waals surface area (Å²) in [5.41, 5.74) is 3.85. The average Bonchev–Trinajstić information content (AvgIpc) is 0.793. The molecular formula is C84H88N4Na4O26S2. The van der Waals surface area contributed by atoms with Crippen LogP contribution in [0.3, 0.4) is 0 Å². The van der Waals surface area contributed by atoms with Crippen LogP contribution >= 0.6 is 0 Å². The Hall–Kier alpha value is -8.87. The third kappa shape index (κ3) is 43.1. The summed E-state index contributed by atoms with van der Waals surface area (Å²) >= 11 is 0. The predicted octanol–water partition coefficient (Wildman–Crippen LogP) is 2.69. The van der Waals surface area contributed by atoms with Gasteiger partial charge in [0.25, 0.3) is 0 Å². The molecule has 0 aromatic heterocycles. The van der Waals surface area contributed by atoms with Crippen LogP contribution in [0, 0.1) is 23.0 Å². The maximum absolute atomic E-state index is 12.7. The van der Waals surface area contributed by atoms with E-state index in [1.54, 1.807) is 66.7 Å². The second kappa shape index (κ2) is 59.8. The number of hydrogen-bond acceptors (Lipinski definition) is 30. The first-order valence-corrected chi connectivity index (χ1v) is 38.2. The van der Waals surface area contributed by atoms with E-state index in [9.17, 15) is 62.2 Å². The minimum Gasteiger partial charge on any atom is -0.745 e. The molecule has 120 heavy (non-hydrogen) atoms. The number of hydrogen-bond donors (Lipinski definition) is 3. The molecule has 30 nitrogen and oxygen atoms in total. The quantitative estimate of drug-likeness (QED) is 0.00585. The van der Waals surface area contributed by atoms with Crippen molar-refractivity contribution in [2.24, 2.45) is 31.3 Å². The molecule has 0 amide bonds. The van der Waals surface area contributed by atoms with E-state index in [2.05, 4.69) is 32.6 Å². The number of aromatic hydroxyl groups is 3. The topological polar surface area (TPSA) is 452 Å². The summed E-state index contributed by atoms with van der Waals surface area (Å²) in [6.07, 6.45) is 15.0. The number of unbranched alkanes of at least 4 members (excludes halogenated alkanes) is 6. The van der Waals surface area contributed by atoms with Gasteiger partial charge in [0, 0.05) is 41.2 Å². The van der Waals surface area contributed by atoms with E-state index in [-0.39, 0.29) is 196 Å². The minimum atomic E-state index is -4.89. The van der Waals surface area contributed by atoms with Crippen LogP contribution < -0.4 is 138 Å². The molecule has 0 aliphatic carbocycles. The van der Waals surface area contributed by atoms with E-state index in [0.29, 0.717) is 60.2 Å². The Morgan fingerprint density at radius 2 is 0.983 bits per heavy atom. The molecule has 0 fully saturated rings. The summed E-state index contributed by atoms with van der Waals surface area (Å²) in [5.74, 6) is -2.48. The van der Waals surface area contributed by atoms with Crippen molar-refractivity contribution in [3.05, 3.63) is 210 Å². The maximum Gasteiger partial charge on any atom is 1.00 e. The van der Waals surface area contributed by atoms with Gasteiger partial charge in [0.2, 0.25) is 0 Å². The number of carbonyl (C=O) groups excluding carboxylic acids is 8. The van der Waals surface area contributed by atoms with Crippen LogP contribution in [0.5, 0.6) is 34.5 Å². The van der Waals surface area contributed by atoms with Gasteiger partial charge < -0.3 is 67.7 Å². The molecule has 0 atom stereocenters. The van der Waals surface area contributed by atoms with Gasteiger partial charge in [-0.2, -0.15) is 19.8 Å². The Bertz CT molecular complexity index is 4930. The van der Waals surface area contributed by atoms with Crippen molar-refractivity contribution < 1.29 is 241 Å². The van der Waals surface area contributed by atoms with Gasteiger partial charge >= 0.3 is 165 Å². The number of azo groups is 2. The molecule has 8 rings (SSSR count). The Morgan fingerprint density at radius 1 is 0.525 bits per heavy atom. The summed E-state index contributed by atoms with van der Waals surface area (Å²) in [6.45, 7) is 13.1. The number of ether oxygens (including phenoxy) is 8. The number of nitrogens with zero attached hydrogens (tertiary/aromatic N) is 4. The van der Waals surface area contributed by atoms with E-state index in [0.717, 1.165) is 86.3 Å². The Balaban J connectivity index is 0.00000170. The van der Waals surface area contributed by atoms with Gasteiger partial charge in [-0.15, -0.1) is 66.7 Å². The molecular weight excluding hydrogens is 1640 g/mol. The minimum absolute atomic E-state index is 0. The van der Waals surface area contributed by atoms with Crippen molar-refractivity contribution in [1.29, 1.82) is 0 Å². The molecule has 36 heteroatoms. The van der Waals surface area contributed by atoms with Crippen molar-refractivity contribution in [2.75, 3.05) is 53.9 Å². The van der Waals surface area contributed by atoms with Gasteiger partial charge in [-0.3, -0.25) is 9.59 Å². The molecule has 0 aliphatic heterocycles. The molecule has 0 spiro atoms. The summed E-state index contributed by atoms with van der Waals surface area (Å²) in [6, 6.07) is 47.9. The zero-order chi connectivity index (χ0) is 85.6. The van der Waals surface area contributed by atoms with E-state index in [4.69, 9.17) is 60.1 Å². The fourth-order valence-corrected chi connectivity index (χ4v) is 10.0. The van der Waals surface area contributed by atoms with Gasteiger partial charge in [-0.05, 0) is 172 Å². The van der Waals surface area contributed by atoms with Crippen molar-refractivity contribution in [2.45, 2.75) is 104 Å². The van der Waals surface area contributed by atoms with Crippen molar-refractivity contribution in [3.63, 3.8) is 0 Å². The van der Waals surface area contributed by atoms with Crippen LogP contribution in [0.2, 0.25) is 0 Å². The molecule has 0 heterocycles.